The predicted molar refractivity (Wildman–Crippen MR) is 103 cm³/mol. The maximum atomic E-state index is 11.9. The van der Waals surface area contributed by atoms with Crippen molar-refractivity contribution < 1.29 is 9.53 Å². The smallest absolute Gasteiger partial charge is 0.227 e. The van der Waals surface area contributed by atoms with Crippen molar-refractivity contribution in [2.24, 2.45) is 5.10 Å². The van der Waals surface area contributed by atoms with Crippen molar-refractivity contribution in [3.05, 3.63) is 29.8 Å². The number of carbonyl (C=O) groups excluding carboxylic acids is 1. The summed E-state index contributed by atoms with van der Waals surface area (Å²) in [5.41, 5.74) is 5.58. The fourth-order valence-corrected chi connectivity index (χ4v) is 3.20. The molecule has 2 heterocycles. The van der Waals surface area contributed by atoms with E-state index in [1.165, 1.54) is 0 Å². The molecule has 0 spiro atoms. The summed E-state index contributed by atoms with van der Waals surface area (Å²) in [6.07, 6.45) is 3.96. The first-order chi connectivity index (χ1) is 12.1. The maximum absolute atomic E-state index is 11.9. The Hall–Kier alpha value is -1.99. The number of hydrogen-bond donors (Lipinski definition) is 2. The summed E-state index contributed by atoms with van der Waals surface area (Å²) in [6.45, 7) is 4.24. The van der Waals surface area contributed by atoms with Crippen LogP contribution in [0.25, 0.3) is 0 Å². The van der Waals surface area contributed by atoms with Crippen molar-refractivity contribution in [3.8, 4) is 0 Å². The van der Waals surface area contributed by atoms with E-state index in [1.54, 1.807) is 0 Å². The van der Waals surface area contributed by atoms with Gasteiger partial charge in [-0.1, -0.05) is 12.1 Å². The minimum Gasteiger partial charge on any atom is -0.376 e. The molecule has 134 valence electrons. The van der Waals surface area contributed by atoms with E-state index in [0.717, 1.165) is 49.4 Å². The van der Waals surface area contributed by atoms with Crippen molar-refractivity contribution in [2.45, 2.75) is 38.7 Å². The number of nitrogens with one attached hydrogen (secondary N) is 2. The molecule has 3 rings (SSSR count). The molecule has 1 atom stereocenters. The van der Waals surface area contributed by atoms with Gasteiger partial charge in [-0.25, -0.2) is 0 Å². The van der Waals surface area contributed by atoms with Gasteiger partial charge in [0.2, 0.25) is 5.91 Å². The molecule has 0 bridgehead atoms. The lowest BCUT2D eigenvalue weighted by Crippen LogP contribution is -2.37. The summed E-state index contributed by atoms with van der Waals surface area (Å²) in [7, 11) is 0. The van der Waals surface area contributed by atoms with Gasteiger partial charge in [-0.15, -0.1) is 0 Å². The fourth-order valence-electron chi connectivity index (χ4n) is 3.07. The van der Waals surface area contributed by atoms with E-state index >= 15 is 0 Å². The van der Waals surface area contributed by atoms with Gasteiger partial charge < -0.3 is 15.0 Å². The molecule has 2 fully saturated rings. The van der Waals surface area contributed by atoms with E-state index in [2.05, 4.69) is 15.8 Å². The van der Waals surface area contributed by atoms with Crippen molar-refractivity contribution in [1.82, 2.24) is 10.7 Å². The van der Waals surface area contributed by atoms with Crippen LogP contribution in [0.15, 0.2) is 29.4 Å². The van der Waals surface area contributed by atoms with Crippen LogP contribution in [0.3, 0.4) is 0 Å². The molecule has 0 radical (unpaired) electrons. The second kappa shape index (κ2) is 8.40. The third-order valence-corrected chi connectivity index (χ3v) is 4.72. The van der Waals surface area contributed by atoms with Gasteiger partial charge in [0.25, 0.3) is 0 Å². The van der Waals surface area contributed by atoms with Gasteiger partial charge in [-0.05, 0) is 56.1 Å². The SMILES string of the molecule is C/C(=N/NC(=S)NC[C@@H]1CCCO1)c1cccc(N2CCCC2=O)c1. The third kappa shape index (κ3) is 4.76. The second-order valence-corrected chi connectivity index (χ2v) is 6.76. The summed E-state index contributed by atoms with van der Waals surface area (Å²) in [4.78, 5) is 13.7. The maximum Gasteiger partial charge on any atom is 0.227 e. The Bertz CT molecular complexity index is 671. The van der Waals surface area contributed by atoms with Gasteiger partial charge in [0.15, 0.2) is 5.11 Å². The molecular formula is C18H24N4O2S. The van der Waals surface area contributed by atoms with E-state index in [9.17, 15) is 4.79 Å². The first-order valence-electron chi connectivity index (χ1n) is 8.74. The van der Waals surface area contributed by atoms with Crippen LogP contribution in [0.1, 0.15) is 38.2 Å². The summed E-state index contributed by atoms with van der Waals surface area (Å²) < 4.78 is 5.55. The molecule has 2 saturated heterocycles. The Morgan fingerprint density at radius 3 is 3.04 bits per heavy atom. The molecule has 0 aromatic heterocycles. The number of thiocarbonyl (C=S) groups is 1. The lowest BCUT2D eigenvalue weighted by atomic mass is 10.1. The number of anilines is 1. The van der Waals surface area contributed by atoms with Gasteiger partial charge in [-0.3, -0.25) is 10.2 Å². The van der Waals surface area contributed by atoms with E-state index in [-0.39, 0.29) is 12.0 Å². The normalized spacial score (nSPS) is 20.8. The summed E-state index contributed by atoms with van der Waals surface area (Å²) >= 11 is 5.25. The number of benzene rings is 1. The van der Waals surface area contributed by atoms with Crippen LogP contribution >= 0.6 is 12.2 Å². The van der Waals surface area contributed by atoms with Crippen LogP contribution < -0.4 is 15.6 Å². The largest absolute Gasteiger partial charge is 0.376 e. The Balaban J connectivity index is 1.56. The van der Waals surface area contributed by atoms with Crippen LogP contribution in [0.5, 0.6) is 0 Å². The van der Waals surface area contributed by atoms with Gasteiger partial charge >= 0.3 is 0 Å². The zero-order chi connectivity index (χ0) is 17.6. The molecule has 1 aromatic rings. The Morgan fingerprint density at radius 2 is 2.32 bits per heavy atom. The van der Waals surface area contributed by atoms with Gasteiger partial charge in [0, 0.05) is 31.8 Å². The third-order valence-electron chi connectivity index (χ3n) is 4.49. The number of hydrogen-bond acceptors (Lipinski definition) is 4. The minimum atomic E-state index is 0.185. The highest BCUT2D eigenvalue weighted by molar-refractivity contribution is 7.80. The topological polar surface area (TPSA) is 66.0 Å². The summed E-state index contributed by atoms with van der Waals surface area (Å²) in [5, 5.41) is 7.96. The molecule has 6 nitrogen and oxygen atoms in total. The van der Waals surface area contributed by atoms with E-state index in [4.69, 9.17) is 17.0 Å². The van der Waals surface area contributed by atoms with Crippen LogP contribution in [-0.2, 0) is 9.53 Å². The van der Waals surface area contributed by atoms with Gasteiger partial charge in [0.05, 0.1) is 11.8 Å². The molecule has 25 heavy (non-hydrogen) atoms. The van der Waals surface area contributed by atoms with Gasteiger partial charge in [0.1, 0.15) is 0 Å². The first-order valence-corrected chi connectivity index (χ1v) is 9.15. The second-order valence-electron chi connectivity index (χ2n) is 6.35. The number of hydrazone groups is 1. The molecule has 7 heteroatoms. The van der Waals surface area contributed by atoms with E-state index in [0.29, 0.717) is 18.1 Å². The van der Waals surface area contributed by atoms with Crippen LogP contribution in [0.4, 0.5) is 5.69 Å². The zero-order valence-corrected chi connectivity index (χ0v) is 15.3. The molecule has 1 amide bonds. The monoisotopic (exact) mass is 360 g/mol. The molecule has 0 aliphatic carbocycles. The van der Waals surface area contributed by atoms with Crippen LogP contribution in [-0.4, -0.2) is 42.5 Å². The Kier molecular flexibility index (Phi) is 5.99. The fraction of sp³-hybridized carbons (Fsp3) is 0.500. The Labute approximate surface area is 153 Å². The number of nitrogens with zero attached hydrogens (tertiary/aromatic N) is 2. The van der Waals surface area contributed by atoms with Crippen molar-refractivity contribution >= 4 is 34.6 Å². The lowest BCUT2D eigenvalue weighted by molar-refractivity contribution is -0.117. The van der Waals surface area contributed by atoms with Gasteiger partial charge in [-0.2, -0.15) is 5.10 Å². The van der Waals surface area contributed by atoms with E-state index < -0.39 is 0 Å². The number of carbonyl (C=O) groups is 1. The molecule has 1 aromatic carbocycles. The summed E-state index contributed by atoms with van der Waals surface area (Å²) in [5.74, 6) is 0.185. The van der Waals surface area contributed by atoms with E-state index in [1.807, 2.05) is 36.1 Å². The lowest BCUT2D eigenvalue weighted by Gasteiger charge is -2.16. The van der Waals surface area contributed by atoms with Crippen molar-refractivity contribution in [2.75, 3.05) is 24.6 Å². The molecule has 2 aliphatic heterocycles. The highest BCUT2D eigenvalue weighted by Gasteiger charge is 2.21. The van der Waals surface area contributed by atoms with Crippen LogP contribution in [0, 0.1) is 0 Å². The number of amides is 1. The molecule has 2 aliphatic rings. The predicted octanol–water partition coefficient (Wildman–Crippen LogP) is 2.18. The first kappa shape index (κ1) is 17.8. The van der Waals surface area contributed by atoms with Crippen LogP contribution in [0.2, 0.25) is 0 Å². The highest BCUT2D eigenvalue weighted by atomic mass is 32.1. The average molecular weight is 360 g/mol. The average Bonchev–Trinajstić information content (AvgIpc) is 3.29. The minimum absolute atomic E-state index is 0.185. The van der Waals surface area contributed by atoms with Crippen molar-refractivity contribution in [3.63, 3.8) is 0 Å². The van der Waals surface area contributed by atoms with Crippen molar-refractivity contribution in [1.29, 1.82) is 0 Å². The zero-order valence-electron chi connectivity index (χ0n) is 14.5. The molecule has 0 saturated carbocycles. The Morgan fingerprint density at radius 1 is 1.44 bits per heavy atom. The standard InChI is InChI=1S/C18H24N4O2S/c1-13(20-21-18(25)19-12-16-7-4-10-24-16)14-5-2-6-15(11-14)22-9-3-8-17(22)23/h2,5-6,11,16H,3-4,7-10,12H2,1H3,(H2,19,21,25)/b20-13-/t16-/m0/s1. The number of ether oxygens (including phenoxy) is 1. The molecule has 2 N–H and O–H groups in total. The molecular weight excluding hydrogens is 336 g/mol. The highest BCUT2D eigenvalue weighted by Crippen LogP contribution is 2.22. The quantitative estimate of drug-likeness (QED) is 0.479. The molecule has 0 unspecified atom stereocenters. The summed E-state index contributed by atoms with van der Waals surface area (Å²) in [6, 6.07) is 7.88. The number of rotatable bonds is 5.